The van der Waals surface area contributed by atoms with Crippen LogP contribution in [0.5, 0.6) is 5.75 Å². The van der Waals surface area contributed by atoms with Gasteiger partial charge in [0, 0.05) is 17.6 Å². The van der Waals surface area contributed by atoms with Crippen molar-refractivity contribution in [1.82, 2.24) is 5.32 Å². The minimum Gasteiger partial charge on any atom is -0.508 e. The summed E-state index contributed by atoms with van der Waals surface area (Å²) in [5.41, 5.74) is 0.772. The topological polar surface area (TPSA) is 32.3 Å². The van der Waals surface area contributed by atoms with Gasteiger partial charge >= 0.3 is 0 Å². The fourth-order valence-electron chi connectivity index (χ4n) is 2.51. The van der Waals surface area contributed by atoms with E-state index in [-0.39, 0.29) is 17.1 Å². The largest absolute Gasteiger partial charge is 0.508 e. The number of halogens is 1. The Morgan fingerprint density at radius 1 is 1.29 bits per heavy atom. The molecule has 1 fully saturated rings. The van der Waals surface area contributed by atoms with E-state index in [9.17, 15) is 9.50 Å². The van der Waals surface area contributed by atoms with Crippen LogP contribution < -0.4 is 5.32 Å². The lowest BCUT2D eigenvalue weighted by molar-refractivity contribution is 0.251. The highest BCUT2D eigenvalue weighted by atomic mass is 19.1. The molecule has 94 valence electrons. The van der Waals surface area contributed by atoms with Crippen LogP contribution in [0.1, 0.15) is 44.6 Å². The molecule has 0 aliphatic heterocycles. The highest BCUT2D eigenvalue weighted by Gasteiger charge is 2.25. The summed E-state index contributed by atoms with van der Waals surface area (Å²) in [5.74, 6) is -0.133. The SMILES string of the molecule is CC1(NCc2cc(F)ccc2O)CCCCC1. The normalized spacial score (nSPS) is 19.2. The van der Waals surface area contributed by atoms with Crippen LogP contribution in [0.4, 0.5) is 4.39 Å². The van der Waals surface area contributed by atoms with Gasteiger partial charge in [-0.1, -0.05) is 19.3 Å². The molecule has 1 aromatic rings. The predicted molar refractivity (Wildman–Crippen MR) is 66.4 cm³/mol. The fraction of sp³-hybridized carbons (Fsp3) is 0.571. The Morgan fingerprint density at radius 2 is 2.00 bits per heavy atom. The maximum absolute atomic E-state index is 13.1. The van der Waals surface area contributed by atoms with E-state index >= 15 is 0 Å². The molecule has 1 aliphatic carbocycles. The van der Waals surface area contributed by atoms with Gasteiger partial charge in [0.1, 0.15) is 11.6 Å². The number of hydrogen-bond acceptors (Lipinski definition) is 2. The van der Waals surface area contributed by atoms with Gasteiger partial charge in [0.15, 0.2) is 0 Å². The quantitative estimate of drug-likeness (QED) is 0.845. The van der Waals surface area contributed by atoms with Crippen molar-refractivity contribution in [1.29, 1.82) is 0 Å². The number of hydrogen-bond donors (Lipinski definition) is 2. The third-order valence-electron chi connectivity index (χ3n) is 3.70. The van der Waals surface area contributed by atoms with Crippen molar-refractivity contribution in [3.63, 3.8) is 0 Å². The van der Waals surface area contributed by atoms with Gasteiger partial charge in [0.25, 0.3) is 0 Å². The van der Waals surface area contributed by atoms with Gasteiger partial charge in [0.05, 0.1) is 0 Å². The summed E-state index contributed by atoms with van der Waals surface area (Å²) in [6, 6.07) is 4.09. The van der Waals surface area contributed by atoms with E-state index < -0.39 is 0 Å². The first kappa shape index (κ1) is 12.4. The van der Waals surface area contributed by atoms with Gasteiger partial charge in [-0.3, -0.25) is 0 Å². The second-order valence-corrected chi connectivity index (χ2v) is 5.25. The van der Waals surface area contributed by atoms with E-state index in [1.54, 1.807) is 0 Å². The first-order chi connectivity index (χ1) is 8.09. The molecular weight excluding hydrogens is 217 g/mol. The average Bonchev–Trinajstić information content (AvgIpc) is 2.31. The second kappa shape index (κ2) is 5.05. The molecule has 0 heterocycles. The summed E-state index contributed by atoms with van der Waals surface area (Å²) in [7, 11) is 0. The van der Waals surface area contributed by atoms with Crippen LogP contribution >= 0.6 is 0 Å². The Labute approximate surface area is 102 Å². The van der Waals surface area contributed by atoms with Gasteiger partial charge < -0.3 is 10.4 Å². The maximum Gasteiger partial charge on any atom is 0.123 e. The highest BCUT2D eigenvalue weighted by Crippen LogP contribution is 2.28. The molecule has 1 aromatic carbocycles. The van der Waals surface area contributed by atoms with Crippen LogP contribution in [0.25, 0.3) is 0 Å². The number of nitrogens with one attached hydrogen (secondary N) is 1. The number of rotatable bonds is 3. The molecule has 2 N–H and O–H groups in total. The minimum absolute atomic E-state index is 0.136. The third kappa shape index (κ3) is 3.19. The summed E-state index contributed by atoms with van der Waals surface area (Å²) in [4.78, 5) is 0. The molecule has 0 spiro atoms. The Bertz CT molecular complexity index is 386. The fourth-order valence-corrected chi connectivity index (χ4v) is 2.51. The Balaban J connectivity index is 1.99. The summed E-state index contributed by atoms with van der Waals surface area (Å²) < 4.78 is 13.1. The second-order valence-electron chi connectivity index (χ2n) is 5.25. The zero-order valence-electron chi connectivity index (χ0n) is 10.3. The molecule has 0 saturated heterocycles. The van der Waals surface area contributed by atoms with Crippen LogP contribution in [0.15, 0.2) is 18.2 Å². The van der Waals surface area contributed by atoms with E-state index in [2.05, 4.69) is 12.2 Å². The first-order valence-electron chi connectivity index (χ1n) is 6.31. The van der Waals surface area contributed by atoms with Gasteiger partial charge in [-0.15, -0.1) is 0 Å². The van der Waals surface area contributed by atoms with Crippen LogP contribution in [-0.4, -0.2) is 10.6 Å². The molecule has 0 atom stereocenters. The van der Waals surface area contributed by atoms with Crippen LogP contribution in [0.2, 0.25) is 0 Å². The van der Waals surface area contributed by atoms with Crippen LogP contribution in [0, 0.1) is 5.82 Å². The van der Waals surface area contributed by atoms with Crippen molar-refractivity contribution < 1.29 is 9.50 Å². The lowest BCUT2D eigenvalue weighted by Crippen LogP contribution is -2.43. The zero-order chi connectivity index (χ0) is 12.3. The molecule has 2 rings (SSSR count). The van der Waals surface area contributed by atoms with Crippen molar-refractivity contribution in [3.8, 4) is 5.75 Å². The Hall–Kier alpha value is -1.09. The van der Waals surface area contributed by atoms with E-state index in [4.69, 9.17) is 0 Å². The number of aromatic hydroxyl groups is 1. The summed E-state index contributed by atoms with van der Waals surface area (Å²) in [6.45, 7) is 2.74. The van der Waals surface area contributed by atoms with Crippen molar-refractivity contribution in [2.45, 2.75) is 51.1 Å². The molecule has 1 aliphatic rings. The lowest BCUT2D eigenvalue weighted by atomic mass is 9.83. The van der Waals surface area contributed by atoms with Gasteiger partial charge in [0.2, 0.25) is 0 Å². The van der Waals surface area contributed by atoms with Crippen LogP contribution in [0.3, 0.4) is 0 Å². The summed E-state index contributed by atoms with van der Waals surface area (Å²) >= 11 is 0. The monoisotopic (exact) mass is 237 g/mol. The van der Waals surface area contributed by atoms with Crippen molar-refractivity contribution in [3.05, 3.63) is 29.6 Å². The molecule has 0 amide bonds. The molecule has 0 bridgehead atoms. The van der Waals surface area contributed by atoms with Gasteiger partial charge in [-0.05, 0) is 38.0 Å². The minimum atomic E-state index is -0.298. The van der Waals surface area contributed by atoms with E-state index in [0.717, 1.165) is 12.8 Å². The lowest BCUT2D eigenvalue weighted by Gasteiger charge is -2.35. The molecule has 0 unspecified atom stereocenters. The maximum atomic E-state index is 13.1. The van der Waals surface area contributed by atoms with E-state index in [0.29, 0.717) is 12.1 Å². The molecule has 2 nitrogen and oxygen atoms in total. The predicted octanol–water partition coefficient (Wildman–Crippen LogP) is 3.34. The number of benzene rings is 1. The molecular formula is C14H20FNO. The van der Waals surface area contributed by atoms with Gasteiger partial charge in [-0.2, -0.15) is 0 Å². The third-order valence-corrected chi connectivity index (χ3v) is 3.70. The van der Waals surface area contributed by atoms with Crippen molar-refractivity contribution in [2.75, 3.05) is 0 Å². The molecule has 0 radical (unpaired) electrons. The van der Waals surface area contributed by atoms with Crippen molar-refractivity contribution in [2.24, 2.45) is 0 Å². The zero-order valence-corrected chi connectivity index (χ0v) is 10.3. The highest BCUT2D eigenvalue weighted by molar-refractivity contribution is 5.32. The Morgan fingerprint density at radius 3 is 2.71 bits per heavy atom. The standard InChI is InChI=1S/C14H20FNO/c1-14(7-3-2-4-8-14)16-10-11-9-12(15)5-6-13(11)17/h5-6,9,16-17H,2-4,7-8,10H2,1H3. The number of phenols is 1. The smallest absolute Gasteiger partial charge is 0.123 e. The molecule has 17 heavy (non-hydrogen) atoms. The molecule has 3 heteroatoms. The Kier molecular flexibility index (Phi) is 3.67. The average molecular weight is 237 g/mol. The van der Waals surface area contributed by atoms with E-state index in [1.165, 1.54) is 37.5 Å². The molecule has 1 saturated carbocycles. The molecule has 0 aromatic heterocycles. The summed E-state index contributed by atoms with van der Waals surface area (Å²) in [5, 5.41) is 13.1. The van der Waals surface area contributed by atoms with Crippen molar-refractivity contribution >= 4 is 0 Å². The van der Waals surface area contributed by atoms with Crippen LogP contribution in [-0.2, 0) is 6.54 Å². The number of phenolic OH excluding ortho intramolecular Hbond substituents is 1. The van der Waals surface area contributed by atoms with Gasteiger partial charge in [-0.25, -0.2) is 4.39 Å². The summed E-state index contributed by atoms with van der Waals surface area (Å²) in [6.07, 6.45) is 6.12. The first-order valence-corrected chi connectivity index (χ1v) is 6.31. The van der Waals surface area contributed by atoms with E-state index in [1.807, 2.05) is 0 Å².